The smallest absolute Gasteiger partial charge is 0.212 e. The van der Waals surface area contributed by atoms with Gasteiger partial charge in [-0.25, -0.2) is 9.50 Å². The van der Waals surface area contributed by atoms with Crippen LogP contribution >= 0.6 is 11.3 Å². The highest BCUT2D eigenvalue weighted by Gasteiger charge is 2.14. The Morgan fingerprint density at radius 3 is 2.70 bits per heavy atom. The van der Waals surface area contributed by atoms with E-state index in [1.54, 1.807) is 5.51 Å². The van der Waals surface area contributed by atoms with Crippen molar-refractivity contribution in [3.05, 3.63) is 51.3 Å². The largest absolute Gasteiger partial charge is 0.392 e. The summed E-state index contributed by atoms with van der Waals surface area (Å²) in [6, 6.07) is 2.29. The van der Waals surface area contributed by atoms with E-state index in [1.807, 2.05) is 10.7 Å². The second-order valence-corrected chi connectivity index (χ2v) is 6.80. The average Bonchev–Trinajstić information content (AvgIpc) is 3.08. The topological polar surface area (TPSA) is 62.5 Å². The van der Waals surface area contributed by atoms with Crippen LogP contribution in [0.25, 0.3) is 4.96 Å². The Kier molecular flexibility index (Phi) is 4.48. The number of aliphatic hydroxyl groups is 1. The number of benzene rings is 1. The van der Waals surface area contributed by atoms with Crippen LogP contribution in [0.15, 0.2) is 17.8 Å². The number of aromatic nitrogens is 3. The molecule has 0 saturated carbocycles. The number of hydrogen-bond donors (Lipinski definition) is 2. The SMILES string of the molecule is Cc1cc(C)c(CN[C@H](C)c2cn3ncsc3n2)c(C)c1CO. The van der Waals surface area contributed by atoms with Gasteiger partial charge in [0.25, 0.3) is 0 Å². The molecule has 3 aromatic rings. The fraction of sp³-hybridized carbons (Fsp3) is 0.412. The Bertz CT molecular complexity index is 808. The Hall–Kier alpha value is -1.76. The lowest BCUT2D eigenvalue weighted by atomic mass is 9.93. The Morgan fingerprint density at radius 1 is 1.26 bits per heavy atom. The minimum absolute atomic E-state index is 0.0868. The molecule has 0 fully saturated rings. The summed E-state index contributed by atoms with van der Waals surface area (Å²) in [6.07, 6.45) is 1.97. The maximum atomic E-state index is 9.59. The average molecular weight is 330 g/mol. The summed E-state index contributed by atoms with van der Waals surface area (Å²) in [5.41, 5.74) is 8.66. The van der Waals surface area contributed by atoms with E-state index < -0.39 is 0 Å². The van der Waals surface area contributed by atoms with Gasteiger partial charge in [0.1, 0.15) is 5.51 Å². The molecule has 1 aromatic carbocycles. The fourth-order valence-electron chi connectivity index (χ4n) is 3.01. The maximum absolute atomic E-state index is 9.59. The van der Waals surface area contributed by atoms with Crippen molar-refractivity contribution >= 4 is 16.3 Å². The summed E-state index contributed by atoms with van der Waals surface area (Å²) in [5.74, 6) is 0. The van der Waals surface area contributed by atoms with Crippen LogP contribution in [-0.2, 0) is 13.2 Å². The van der Waals surface area contributed by atoms with Gasteiger partial charge in [0.05, 0.1) is 18.5 Å². The molecule has 0 bridgehead atoms. The van der Waals surface area contributed by atoms with Crippen molar-refractivity contribution in [1.82, 2.24) is 19.9 Å². The predicted octanol–water partition coefficient (Wildman–Crippen LogP) is 3.06. The summed E-state index contributed by atoms with van der Waals surface area (Å²) < 4.78 is 1.81. The van der Waals surface area contributed by atoms with Crippen LogP contribution < -0.4 is 5.32 Å². The zero-order chi connectivity index (χ0) is 16.6. The molecule has 2 N–H and O–H groups in total. The first kappa shape index (κ1) is 16.1. The molecule has 0 unspecified atom stereocenters. The Labute approximate surface area is 140 Å². The first-order chi connectivity index (χ1) is 11.0. The van der Waals surface area contributed by atoms with Gasteiger partial charge in [0, 0.05) is 12.6 Å². The van der Waals surface area contributed by atoms with E-state index in [-0.39, 0.29) is 12.6 Å². The number of aryl methyl sites for hydroxylation is 2. The van der Waals surface area contributed by atoms with Gasteiger partial charge in [-0.2, -0.15) is 5.10 Å². The van der Waals surface area contributed by atoms with Crippen LogP contribution in [0, 0.1) is 20.8 Å². The highest BCUT2D eigenvalue weighted by Crippen LogP contribution is 2.23. The molecule has 2 heterocycles. The molecule has 0 radical (unpaired) electrons. The molecule has 5 nitrogen and oxygen atoms in total. The van der Waals surface area contributed by atoms with Crippen molar-refractivity contribution in [2.24, 2.45) is 0 Å². The van der Waals surface area contributed by atoms with Crippen LogP contribution in [0.5, 0.6) is 0 Å². The molecule has 0 aliphatic carbocycles. The van der Waals surface area contributed by atoms with Crippen LogP contribution in [0.2, 0.25) is 0 Å². The van der Waals surface area contributed by atoms with E-state index in [0.29, 0.717) is 0 Å². The summed E-state index contributed by atoms with van der Waals surface area (Å²) in [5, 5.41) is 17.3. The Morgan fingerprint density at radius 2 is 2.00 bits per heavy atom. The lowest BCUT2D eigenvalue weighted by Gasteiger charge is -2.18. The van der Waals surface area contributed by atoms with Gasteiger partial charge < -0.3 is 10.4 Å². The lowest BCUT2D eigenvalue weighted by molar-refractivity contribution is 0.280. The minimum atomic E-state index is 0.0868. The van der Waals surface area contributed by atoms with Crippen LogP contribution in [0.3, 0.4) is 0 Å². The van der Waals surface area contributed by atoms with E-state index in [4.69, 9.17) is 0 Å². The molecule has 1 atom stereocenters. The van der Waals surface area contributed by atoms with E-state index in [2.05, 4.69) is 49.2 Å². The standard InChI is InChI=1S/C17H22N4OS/c1-10-5-11(2)15(8-22)12(3)14(10)6-18-13(4)16-7-21-17(20-16)23-9-19-21/h5,7,9,13,18,22H,6,8H2,1-4H3/t13-/m1/s1. The van der Waals surface area contributed by atoms with Gasteiger partial charge in [-0.1, -0.05) is 17.4 Å². The van der Waals surface area contributed by atoms with Crippen molar-refractivity contribution in [3.63, 3.8) is 0 Å². The number of aliphatic hydroxyl groups excluding tert-OH is 1. The molecule has 0 amide bonds. The molecule has 0 aliphatic heterocycles. The lowest BCUT2D eigenvalue weighted by Crippen LogP contribution is -2.20. The predicted molar refractivity (Wildman–Crippen MR) is 92.7 cm³/mol. The van der Waals surface area contributed by atoms with Crippen molar-refractivity contribution in [3.8, 4) is 0 Å². The fourth-order valence-corrected chi connectivity index (χ4v) is 3.62. The molecule has 2 aromatic heterocycles. The van der Waals surface area contributed by atoms with E-state index >= 15 is 0 Å². The van der Waals surface area contributed by atoms with E-state index in [0.717, 1.165) is 28.3 Å². The molecule has 3 rings (SSSR count). The zero-order valence-corrected chi connectivity index (χ0v) is 14.7. The molecule has 6 heteroatoms. The first-order valence-electron chi connectivity index (χ1n) is 7.72. The maximum Gasteiger partial charge on any atom is 0.212 e. The molecular weight excluding hydrogens is 308 g/mol. The normalized spacial score (nSPS) is 12.9. The number of fused-ring (bicyclic) bond motifs is 1. The minimum Gasteiger partial charge on any atom is -0.392 e. The summed E-state index contributed by atoms with van der Waals surface area (Å²) in [7, 11) is 0. The highest BCUT2D eigenvalue weighted by molar-refractivity contribution is 7.14. The van der Waals surface area contributed by atoms with Gasteiger partial charge in [-0.3, -0.25) is 0 Å². The van der Waals surface area contributed by atoms with Crippen LogP contribution in [-0.4, -0.2) is 19.7 Å². The molecule has 0 aliphatic rings. The van der Waals surface area contributed by atoms with Gasteiger partial charge in [0.2, 0.25) is 4.96 Å². The summed E-state index contributed by atoms with van der Waals surface area (Å²) in [4.78, 5) is 5.51. The second-order valence-electron chi connectivity index (χ2n) is 5.98. The number of hydrogen-bond acceptors (Lipinski definition) is 5. The number of nitrogens with zero attached hydrogens (tertiary/aromatic N) is 3. The third kappa shape index (κ3) is 3.02. The van der Waals surface area contributed by atoms with Gasteiger partial charge >= 0.3 is 0 Å². The van der Waals surface area contributed by atoms with Crippen molar-refractivity contribution < 1.29 is 5.11 Å². The van der Waals surface area contributed by atoms with Crippen molar-refractivity contribution in [2.75, 3.05) is 0 Å². The third-order valence-electron chi connectivity index (χ3n) is 4.48. The molecular formula is C17H22N4OS. The second kappa shape index (κ2) is 6.39. The highest BCUT2D eigenvalue weighted by atomic mass is 32.1. The number of nitrogens with one attached hydrogen (secondary N) is 1. The number of rotatable bonds is 5. The van der Waals surface area contributed by atoms with Gasteiger partial charge in [-0.05, 0) is 55.5 Å². The first-order valence-corrected chi connectivity index (χ1v) is 8.60. The van der Waals surface area contributed by atoms with Crippen LogP contribution in [0.1, 0.15) is 46.5 Å². The third-order valence-corrected chi connectivity index (χ3v) is 5.17. The monoisotopic (exact) mass is 330 g/mol. The Balaban J connectivity index is 1.78. The van der Waals surface area contributed by atoms with Gasteiger partial charge in [0.15, 0.2) is 0 Å². The van der Waals surface area contributed by atoms with Gasteiger partial charge in [-0.15, -0.1) is 0 Å². The zero-order valence-electron chi connectivity index (χ0n) is 13.9. The van der Waals surface area contributed by atoms with E-state index in [1.165, 1.54) is 28.0 Å². The summed E-state index contributed by atoms with van der Waals surface area (Å²) in [6.45, 7) is 9.21. The molecule has 122 valence electrons. The summed E-state index contributed by atoms with van der Waals surface area (Å²) >= 11 is 1.54. The quantitative estimate of drug-likeness (QED) is 0.755. The van der Waals surface area contributed by atoms with Crippen molar-refractivity contribution in [1.29, 1.82) is 0 Å². The molecule has 0 spiro atoms. The number of imidazole rings is 1. The molecule has 0 saturated heterocycles. The van der Waals surface area contributed by atoms with Crippen LogP contribution in [0.4, 0.5) is 0 Å². The van der Waals surface area contributed by atoms with Crippen molar-refractivity contribution in [2.45, 2.75) is 46.9 Å². The van der Waals surface area contributed by atoms with E-state index in [9.17, 15) is 5.11 Å². The molecule has 23 heavy (non-hydrogen) atoms.